The van der Waals surface area contributed by atoms with Crippen molar-refractivity contribution in [3.8, 4) is 11.5 Å². The molecule has 0 aliphatic carbocycles. The number of ether oxygens (including phenoxy) is 3. The molecule has 0 unspecified atom stereocenters. The van der Waals surface area contributed by atoms with Gasteiger partial charge in [-0.25, -0.2) is 15.0 Å². The number of rotatable bonds is 7. The maximum Gasteiger partial charge on any atom is 0.231 e. The highest BCUT2D eigenvalue weighted by atomic mass is 16.7. The Morgan fingerprint density at radius 2 is 1.63 bits per heavy atom. The number of aromatic nitrogens is 4. The molecule has 5 heterocycles. The molecule has 2 fully saturated rings. The Morgan fingerprint density at radius 1 is 0.854 bits per heavy atom. The van der Waals surface area contributed by atoms with Gasteiger partial charge in [-0.3, -0.25) is 9.47 Å². The van der Waals surface area contributed by atoms with Gasteiger partial charge in [0, 0.05) is 63.2 Å². The molecule has 3 aliphatic heterocycles. The van der Waals surface area contributed by atoms with E-state index in [0.29, 0.717) is 6.79 Å². The van der Waals surface area contributed by atoms with E-state index in [-0.39, 0.29) is 6.04 Å². The smallest absolute Gasteiger partial charge is 0.231 e. The van der Waals surface area contributed by atoms with E-state index in [1.807, 2.05) is 6.07 Å². The summed E-state index contributed by atoms with van der Waals surface area (Å²) < 4.78 is 18.7. The Kier molecular flexibility index (Phi) is 6.97. The normalized spacial score (nSPS) is 17.5. The minimum absolute atomic E-state index is 0.206. The van der Waals surface area contributed by atoms with Gasteiger partial charge < -0.3 is 29.3 Å². The van der Waals surface area contributed by atoms with Crippen LogP contribution in [0.3, 0.4) is 0 Å². The number of imidazole rings is 1. The lowest BCUT2D eigenvalue weighted by molar-refractivity contribution is 0.122. The predicted molar refractivity (Wildman–Crippen MR) is 159 cm³/mol. The van der Waals surface area contributed by atoms with Crippen molar-refractivity contribution in [1.29, 1.82) is 0 Å². The van der Waals surface area contributed by atoms with Crippen LogP contribution in [-0.2, 0) is 11.3 Å². The first-order valence-corrected chi connectivity index (χ1v) is 14.4. The van der Waals surface area contributed by atoms with Crippen molar-refractivity contribution < 1.29 is 14.2 Å². The molecule has 0 bridgehead atoms. The second-order valence-electron chi connectivity index (χ2n) is 11.0. The van der Waals surface area contributed by atoms with E-state index < -0.39 is 0 Å². The summed E-state index contributed by atoms with van der Waals surface area (Å²) in [5, 5.41) is 3.50. The quantitative estimate of drug-likeness (QED) is 0.360. The van der Waals surface area contributed by atoms with Crippen molar-refractivity contribution in [2.24, 2.45) is 0 Å². The molecular weight excluding hydrogens is 520 g/mol. The van der Waals surface area contributed by atoms with Gasteiger partial charge in [0.1, 0.15) is 6.33 Å². The van der Waals surface area contributed by atoms with Crippen LogP contribution in [0.4, 0.5) is 23.1 Å². The van der Waals surface area contributed by atoms with E-state index in [1.54, 1.807) is 6.33 Å². The van der Waals surface area contributed by atoms with Crippen molar-refractivity contribution in [1.82, 2.24) is 24.4 Å². The number of hydrogen-bond acceptors (Lipinski definition) is 10. The van der Waals surface area contributed by atoms with E-state index in [2.05, 4.69) is 84.8 Å². The number of benzene rings is 2. The van der Waals surface area contributed by atoms with Crippen LogP contribution in [0.2, 0.25) is 0 Å². The fraction of sp³-hybridized carbons (Fsp3) is 0.433. The minimum atomic E-state index is 0.206. The van der Waals surface area contributed by atoms with Crippen LogP contribution in [-0.4, -0.2) is 83.7 Å². The fourth-order valence-electron chi connectivity index (χ4n) is 5.80. The van der Waals surface area contributed by atoms with E-state index in [0.717, 1.165) is 99.1 Å². The Balaban J connectivity index is 1.07. The number of piperazine rings is 1. The highest BCUT2D eigenvalue weighted by Crippen LogP contribution is 2.34. The van der Waals surface area contributed by atoms with Crippen LogP contribution in [0, 0.1) is 0 Å². The monoisotopic (exact) mass is 556 g/mol. The molecule has 214 valence electrons. The Bertz CT molecular complexity index is 1510. The average Bonchev–Trinajstić information content (AvgIpc) is 3.64. The number of anilines is 4. The summed E-state index contributed by atoms with van der Waals surface area (Å²) in [6, 6.07) is 14.9. The molecule has 4 aromatic rings. The van der Waals surface area contributed by atoms with Crippen molar-refractivity contribution in [3.05, 3.63) is 54.4 Å². The Hall–Kier alpha value is -4.09. The zero-order valence-electron chi connectivity index (χ0n) is 23.6. The van der Waals surface area contributed by atoms with Gasteiger partial charge in [0.25, 0.3) is 0 Å². The number of nitrogens with one attached hydrogen (secondary N) is 1. The first-order chi connectivity index (χ1) is 20.1. The molecule has 2 aromatic carbocycles. The largest absolute Gasteiger partial charge is 0.454 e. The molecule has 11 nitrogen and oxygen atoms in total. The molecule has 0 atom stereocenters. The van der Waals surface area contributed by atoms with Gasteiger partial charge in [-0.2, -0.15) is 0 Å². The number of nitrogens with zero attached hydrogens (tertiary/aromatic N) is 7. The first kappa shape index (κ1) is 25.8. The summed E-state index contributed by atoms with van der Waals surface area (Å²) in [6.07, 6.45) is 1.63. The van der Waals surface area contributed by atoms with Gasteiger partial charge in [0.05, 0.1) is 13.2 Å². The maximum absolute atomic E-state index is 5.56. The highest BCUT2D eigenvalue weighted by molar-refractivity contribution is 5.87. The summed E-state index contributed by atoms with van der Waals surface area (Å²) in [6.45, 7) is 12.6. The molecule has 3 aliphatic rings. The van der Waals surface area contributed by atoms with Gasteiger partial charge in [0.15, 0.2) is 28.5 Å². The lowest BCUT2D eigenvalue weighted by atomic mass is 10.1. The molecular formula is C30H36N8O3. The van der Waals surface area contributed by atoms with Gasteiger partial charge >= 0.3 is 0 Å². The number of fused-ring (bicyclic) bond motifs is 2. The molecule has 1 N–H and O–H groups in total. The zero-order valence-corrected chi connectivity index (χ0v) is 23.6. The standard InChI is InChI=1S/C30H36N8O3/c1-21(2)38-29-27(28(31-19-32-29)33-23-4-6-24(7-5-23)36-13-15-39-16-14-36)34-30(38)37-11-9-35(10-12-37)18-22-3-8-25-26(17-22)41-20-40-25/h3-8,17,19,21H,9-16,18,20H2,1-2H3,(H,31,32,33). The molecule has 2 saturated heterocycles. The summed E-state index contributed by atoms with van der Waals surface area (Å²) in [4.78, 5) is 21.6. The molecule has 7 rings (SSSR count). The summed E-state index contributed by atoms with van der Waals surface area (Å²) in [7, 11) is 0. The lowest BCUT2D eigenvalue weighted by Crippen LogP contribution is -2.47. The molecule has 11 heteroatoms. The molecule has 0 amide bonds. The number of hydrogen-bond donors (Lipinski definition) is 1. The third-order valence-corrected chi connectivity index (χ3v) is 7.98. The summed E-state index contributed by atoms with van der Waals surface area (Å²) in [5.74, 6) is 3.33. The van der Waals surface area contributed by atoms with Gasteiger partial charge in [-0.1, -0.05) is 6.07 Å². The predicted octanol–water partition coefficient (Wildman–Crippen LogP) is 4.04. The van der Waals surface area contributed by atoms with Crippen LogP contribution in [0.15, 0.2) is 48.8 Å². The first-order valence-electron chi connectivity index (χ1n) is 14.4. The van der Waals surface area contributed by atoms with Crippen LogP contribution in [0.25, 0.3) is 11.2 Å². The van der Waals surface area contributed by atoms with Crippen molar-refractivity contribution in [3.63, 3.8) is 0 Å². The van der Waals surface area contributed by atoms with Gasteiger partial charge in [0.2, 0.25) is 12.7 Å². The zero-order chi connectivity index (χ0) is 27.8. The van der Waals surface area contributed by atoms with Crippen LogP contribution >= 0.6 is 0 Å². The average molecular weight is 557 g/mol. The summed E-state index contributed by atoms with van der Waals surface area (Å²) in [5.41, 5.74) is 5.05. The van der Waals surface area contributed by atoms with Crippen LogP contribution in [0.1, 0.15) is 25.5 Å². The van der Waals surface area contributed by atoms with Gasteiger partial charge in [-0.05, 0) is 55.8 Å². The minimum Gasteiger partial charge on any atom is -0.454 e. The Labute approximate surface area is 239 Å². The maximum atomic E-state index is 5.56. The molecule has 0 radical (unpaired) electrons. The van der Waals surface area contributed by atoms with Crippen molar-refractivity contribution in [2.45, 2.75) is 26.4 Å². The van der Waals surface area contributed by atoms with Crippen molar-refractivity contribution >= 4 is 34.3 Å². The SMILES string of the molecule is CC(C)n1c(N2CCN(Cc3ccc4c(c3)OCO4)CC2)nc2c(Nc3ccc(N4CCOCC4)cc3)ncnc21. The molecule has 41 heavy (non-hydrogen) atoms. The Morgan fingerprint density at radius 3 is 2.41 bits per heavy atom. The topological polar surface area (TPSA) is 93.0 Å². The van der Waals surface area contributed by atoms with E-state index in [1.165, 1.54) is 11.3 Å². The van der Waals surface area contributed by atoms with E-state index in [9.17, 15) is 0 Å². The fourth-order valence-corrected chi connectivity index (χ4v) is 5.80. The van der Waals surface area contributed by atoms with Crippen LogP contribution in [0.5, 0.6) is 11.5 Å². The van der Waals surface area contributed by atoms with E-state index in [4.69, 9.17) is 19.2 Å². The third kappa shape index (κ3) is 5.22. The third-order valence-electron chi connectivity index (χ3n) is 7.98. The van der Waals surface area contributed by atoms with Crippen LogP contribution < -0.4 is 24.6 Å². The van der Waals surface area contributed by atoms with Crippen molar-refractivity contribution in [2.75, 3.05) is 74.4 Å². The highest BCUT2D eigenvalue weighted by Gasteiger charge is 2.26. The molecule has 0 spiro atoms. The second-order valence-corrected chi connectivity index (χ2v) is 11.0. The lowest BCUT2D eigenvalue weighted by Gasteiger charge is -2.35. The van der Waals surface area contributed by atoms with Gasteiger partial charge in [-0.15, -0.1) is 0 Å². The summed E-state index contributed by atoms with van der Waals surface area (Å²) >= 11 is 0. The van der Waals surface area contributed by atoms with E-state index >= 15 is 0 Å². The molecule has 0 saturated carbocycles. The molecule has 2 aromatic heterocycles. The second kappa shape index (κ2) is 11.1. The number of morpholine rings is 1.